The lowest BCUT2D eigenvalue weighted by Crippen LogP contribution is -2.38. The number of carbonyl (C=O) groups excluding carboxylic acids is 1. The van der Waals surface area contributed by atoms with E-state index < -0.39 is 5.60 Å². The van der Waals surface area contributed by atoms with Gasteiger partial charge in [-0.25, -0.2) is 4.39 Å². The predicted molar refractivity (Wildman–Crippen MR) is 82.7 cm³/mol. The molecule has 0 aliphatic heterocycles. The molecule has 0 radical (unpaired) electrons. The van der Waals surface area contributed by atoms with Crippen LogP contribution in [0.3, 0.4) is 0 Å². The number of benzene rings is 1. The van der Waals surface area contributed by atoms with Gasteiger partial charge in [0, 0.05) is 7.05 Å². The molecule has 22 heavy (non-hydrogen) atoms. The monoisotopic (exact) mass is 305 g/mol. The van der Waals surface area contributed by atoms with Gasteiger partial charge in [0.2, 0.25) is 5.91 Å². The summed E-state index contributed by atoms with van der Waals surface area (Å²) in [5.41, 5.74) is 0.167. The normalized spacial score (nSPS) is 21.6. The van der Waals surface area contributed by atoms with Crippen molar-refractivity contribution in [2.75, 3.05) is 7.05 Å². The summed E-state index contributed by atoms with van der Waals surface area (Å²) in [6.45, 7) is 0. The summed E-state index contributed by atoms with van der Waals surface area (Å²) < 4.78 is 13.1. The first-order valence-corrected chi connectivity index (χ1v) is 8.22. The van der Waals surface area contributed by atoms with Crippen molar-refractivity contribution in [3.05, 3.63) is 35.6 Å². The molecule has 2 fully saturated rings. The number of halogens is 1. The highest BCUT2D eigenvalue weighted by Crippen LogP contribution is 2.45. The lowest BCUT2D eigenvalue weighted by atomic mass is 9.95. The average Bonchev–Trinajstić information content (AvgIpc) is 3.23. The topological polar surface area (TPSA) is 40.5 Å². The Morgan fingerprint density at radius 1 is 1.32 bits per heavy atom. The van der Waals surface area contributed by atoms with Gasteiger partial charge in [-0.1, -0.05) is 25.0 Å². The van der Waals surface area contributed by atoms with Gasteiger partial charge >= 0.3 is 0 Å². The number of nitrogens with zero attached hydrogens (tertiary/aromatic N) is 1. The fraction of sp³-hybridized carbons (Fsp3) is 0.611. The summed E-state index contributed by atoms with van der Waals surface area (Å²) in [7, 11) is 1.81. The highest BCUT2D eigenvalue weighted by molar-refractivity contribution is 5.77. The third-order valence-electron chi connectivity index (χ3n) is 5.11. The highest BCUT2D eigenvalue weighted by atomic mass is 19.1. The molecule has 4 heteroatoms. The van der Waals surface area contributed by atoms with E-state index in [1.54, 1.807) is 17.0 Å². The Morgan fingerprint density at radius 3 is 2.45 bits per heavy atom. The van der Waals surface area contributed by atoms with Gasteiger partial charge in [-0.05, 0) is 49.3 Å². The van der Waals surface area contributed by atoms with Gasteiger partial charge in [0.15, 0.2) is 0 Å². The number of hydrogen-bond donors (Lipinski definition) is 1. The second kappa shape index (κ2) is 5.99. The lowest BCUT2D eigenvalue weighted by molar-refractivity contribution is -0.137. The van der Waals surface area contributed by atoms with Crippen LogP contribution in [-0.2, 0) is 4.79 Å². The van der Waals surface area contributed by atoms with Gasteiger partial charge in [0.25, 0.3) is 0 Å². The molecule has 1 unspecified atom stereocenters. The Morgan fingerprint density at radius 2 is 1.91 bits per heavy atom. The zero-order chi connectivity index (χ0) is 15.7. The van der Waals surface area contributed by atoms with E-state index in [0.717, 1.165) is 44.1 Å². The third-order valence-corrected chi connectivity index (χ3v) is 5.11. The van der Waals surface area contributed by atoms with Crippen molar-refractivity contribution in [1.29, 1.82) is 0 Å². The highest BCUT2D eigenvalue weighted by Gasteiger charge is 2.40. The summed E-state index contributed by atoms with van der Waals surface area (Å²) in [5.74, 6) is 0.191. The van der Waals surface area contributed by atoms with E-state index in [4.69, 9.17) is 0 Å². The molecule has 0 bridgehead atoms. The van der Waals surface area contributed by atoms with E-state index in [9.17, 15) is 14.3 Å². The molecule has 0 spiro atoms. The summed E-state index contributed by atoms with van der Waals surface area (Å²) in [5, 5.41) is 10.5. The second-order valence-electron chi connectivity index (χ2n) is 6.95. The first kappa shape index (κ1) is 15.5. The smallest absolute Gasteiger partial charge is 0.225 e. The molecular formula is C18H24FNO2. The minimum absolute atomic E-state index is 0.00176. The van der Waals surface area contributed by atoms with Crippen LogP contribution in [0, 0.1) is 11.7 Å². The van der Waals surface area contributed by atoms with Crippen LogP contribution in [0.15, 0.2) is 24.3 Å². The van der Waals surface area contributed by atoms with Gasteiger partial charge in [-0.3, -0.25) is 4.79 Å². The molecule has 1 aromatic rings. The minimum atomic E-state index is -0.817. The minimum Gasteiger partial charge on any atom is -0.389 e. The summed E-state index contributed by atoms with van der Waals surface area (Å²) in [4.78, 5) is 14.4. The van der Waals surface area contributed by atoms with E-state index >= 15 is 0 Å². The first-order valence-electron chi connectivity index (χ1n) is 8.22. The van der Waals surface area contributed by atoms with Crippen molar-refractivity contribution in [2.24, 2.45) is 5.92 Å². The Hall–Kier alpha value is -1.42. The van der Waals surface area contributed by atoms with Crippen LogP contribution in [0.2, 0.25) is 0 Å². The molecule has 2 aliphatic rings. The fourth-order valence-corrected chi connectivity index (χ4v) is 3.66. The standard InChI is InChI=1S/C18H24FNO2/c1-20(16(21)12-18(22)10-2-3-11-18)17(13-4-5-13)14-6-8-15(19)9-7-14/h6-9,13,17,22H,2-5,10-12H2,1H3. The van der Waals surface area contributed by atoms with E-state index in [0.29, 0.717) is 5.92 Å². The zero-order valence-electron chi connectivity index (χ0n) is 13.1. The molecule has 1 N–H and O–H groups in total. The van der Waals surface area contributed by atoms with Crippen molar-refractivity contribution in [2.45, 2.75) is 56.6 Å². The number of carbonyl (C=O) groups is 1. The maximum absolute atomic E-state index is 13.1. The molecule has 3 rings (SSSR count). The SMILES string of the molecule is CN(C(=O)CC1(O)CCCC1)C(c1ccc(F)cc1)C1CC1. The first-order chi connectivity index (χ1) is 10.5. The largest absolute Gasteiger partial charge is 0.389 e. The molecular weight excluding hydrogens is 281 g/mol. The second-order valence-corrected chi connectivity index (χ2v) is 6.95. The molecule has 0 aromatic heterocycles. The Labute approximate surface area is 131 Å². The van der Waals surface area contributed by atoms with Crippen LogP contribution in [0.1, 0.15) is 56.6 Å². The molecule has 2 aliphatic carbocycles. The molecule has 1 amide bonds. The van der Waals surface area contributed by atoms with Crippen molar-refractivity contribution in [1.82, 2.24) is 4.90 Å². The molecule has 0 saturated heterocycles. The van der Waals surface area contributed by atoms with Crippen LogP contribution in [0.4, 0.5) is 4.39 Å². The molecule has 1 aromatic carbocycles. The van der Waals surface area contributed by atoms with Crippen molar-refractivity contribution in [3.63, 3.8) is 0 Å². The lowest BCUT2D eigenvalue weighted by Gasteiger charge is -2.32. The van der Waals surface area contributed by atoms with Gasteiger partial charge < -0.3 is 10.0 Å². The molecule has 3 nitrogen and oxygen atoms in total. The maximum atomic E-state index is 13.1. The predicted octanol–water partition coefficient (Wildman–Crippen LogP) is 3.43. The third kappa shape index (κ3) is 3.32. The van der Waals surface area contributed by atoms with Crippen molar-refractivity contribution in [3.8, 4) is 0 Å². The average molecular weight is 305 g/mol. The summed E-state index contributed by atoms with van der Waals surface area (Å²) >= 11 is 0. The molecule has 120 valence electrons. The van der Waals surface area contributed by atoms with Crippen molar-refractivity contribution >= 4 is 5.91 Å². The van der Waals surface area contributed by atoms with Crippen LogP contribution >= 0.6 is 0 Å². The van der Waals surface area contributed by atoms with Gasteiger partial charge in [0.1, 0.15) is 5.82 Å². The Bertz CT molecular complexity index is 533. The molecule has 0 heterocycles. The van der Waals surface area contributed by atoms with Crippen LogP contribution < -0.4 is 0 Å². The number of rotatable bonds is 5. The van der Waals surface area contributed by atoms with Crippen LogP contribution in [0.25, 0.3) is 0 Å². The van der Waals surface area contributed by atoms with E-state index in [1.807, 2.05) is 7.05 Å². The Balaban J connectivity index is 1.73. The zero-order valence-corrected chi connectivity index (χ0v) is 13.1. The van der Waals surface area contributed by atoms with Gasteiger partial charge in [-0.15, -0.1) is 0 Å². The van der Waals surface area contributed by atoms with E-state index in [-0.39, 0.29) is 24.2 Å². The van der Waals surface area contributed by atoms with Crippen molar-refractivity contribution < 1.29 is 14.3 Å². The number of hydrogen-bond acceptors (Lipinski definition) is 2. The Kier molecular flexibility index (Phi) is 4.22. The molecule has 1 atom stereocenters. The number of aliphatic hydroxyl groups is 1. The van der Waals surface area contributed by atoms with E-state index in [2.05, 4.69) is 0 Å². The van der Waals surface area contributed by atoms with E-state index in [1.165, 1.54) is 12.1 Å². The summed E-state index contributed by atoms with van der Waals surface area (Å²) in [6, 6.07) is 6.44. The van der Waals surface area contributed by atoms with Gasteiger partial charge in [0.05, 0.1) is 18.1 Å². The van der Waals surface area contributed by atoms with Crippen LogP contribution in [0.5, 0.6) is 0 Å². The number of amides is 1. The van der Waals surface area contributed by atoms with Gasteiger partial charge in [-0.2, -0.15) is 0 Å². The van der Waals surface area contributed by atoms with Crippen LogP contribution in [-0.4, -0.2) is 28.6 Å². The maximum Gasteiger partial charge on any atom is 0.225 e. The fourth-order valence-electron chi connectivity index (χ4n) is 3.66. The quantitative estimate of drug-likeness (QED) is 0.905. The summed E-state index contributed by atoms with van der Waals surface area (Å²) in [6.07, 6.45) is 5.84. The molecule has 2 saturated carbocycles.